The second kappa shape index (κ2) is 6.08. The molecule has 0 saturated heterocycles. The number of hydrogen-bond donors (Lipinski definition) is 3. The lowest BCUT2D eigenvalue weighted by Gasteiger charge is -2.00. The van der Waals surface area contributed by atoms with E-state index in [9.17, 15) is 4.79 Å². The molecule has 0 unspecified atom stereocenters. The molecule has 1 amide bonds. The van der Waals surface area contributed by atoms with Crippen LogP contribution in [0.3, 0.4) is 0 Å². The molecule has 0 aliphatic heterocycles. The predicted molar refractivity (Wildman–Crippen MR) is 69.9 cm³/mol. The van der Waals surface area contributed by atoms with Crippen molar-refractivity contribution in [1.29, 1.82) is 0 Å². The summed E-state index contributed by atoms with van der Waals surface area (Å²) in [4.78, 5) is 19.7. The number of carbonyl (C=O) groups is 1. The van der Waals surface area contributed by atoms with Gasteiger partial charge >= 0.3 is 0 Å². The van der Waals surface area contributed by atoms with Crippen molar-refractivity contribution in [1.82, 2.24) is 9.97 Å². The predicted octanol–water partition coefficient (Wildman–Crippen LogP) is 1.19. The minimum Gasteiger partial charge on any atom is -0.395 e. The summed E-state index contributed by atoms with van der Waals surface area (Å²) in [6.07, 6.45) is 4.71. The van der Waals surface area contributed by atoms with Crippen LogP contribution in [0.4, 0.5) is 10.1 Å². The maximum atomic E-state index is 11.8. The maximum absolute atomic E-state index is 11.8. The van der Waals surface area contributed by atoms with Crippen molar-refractivity contribution >= 4 is 27.4 Å². The number of nitrogens with zero attached hydrogens (tertiary/aromatic N) is 2. The minimum absolute atomic E-state index is 0.0509. The van der Waals surface area contributed by atoms with Crippen LogP contribution in [0.5, 0.6) is 0 Å². The Hall–Kier alpha value is -1.99. The topological polar surface area (TPSA) is 87.1 Å². The Morgan fingerprint density at radius 2 is 2.33 bits per heavy atom. The third kappa shape index (κ3) is 3.25. The fourth-order valence-corrected chi connectivity index (χ4v) is 2.00. The third-order valence-electron chi connectivity index (χ3n) is 2.06. The van der Waals surface area contributed by atoms with E-state index < -0.39 is 0 Å². The number of aliphatic hydroxyl groups excluding tert-OH is 1. The Morgan fingerprint density at radius 3 is 3.06 bits per heavy atom. The largest absolute Gasteiger partial charge is 0.395 e. The van der Waals surface area contributed by atoms with E-state index in [1.54, 1.807) is 24.5 Å². The molecule has 0 radical (unpaired) electrons. The molecule has 6 nitrogen and oxygen atoms in total. The van der Waals surface area contributed by atoms with Crippen LogP contribution in [0, 0.1) is 0 Å². The third-order valence-corrected chi connectivity index (χ3v) is 2.93. The van der Waals surface area contributed by atoms with Gasteiger partial charge in [-0.1, -0.05) is 11.3 Å². The van der Waals surface area contributed by atoms with E-state index in [0.717, 1.165) is 5.00 Å². The zero-order valence-electron chi connectivity index (χ0n) is 9.46. The maximum Gasteiger partial charge on any atom is 0.259 e. The molecule has 0 aromatic carbocycles. The quantitative estimate of drug-likeness (QED) is 0.755. The molecule has 0 aliphatic carbocycles. The lowest BCUT2D eigenvalue weighted by molar-refractivity contribution is 0.102. The number of carbonyl (C=O) groups excluding carboxylic acids is 1. The van der Waals surface area contributed by atoms with Crippen LogP contribution < -0.4 is 10.6 Å². The van der Waals surface area contributed by atoms with Crippen LogP contribution in [-0.2, 0) is 0 Å². The fraction of sp³-hybridized carbons (Fsp3) is 0.182. The number of amides is 1. The lowest BCUT2D eigenvalue weighted by atomic mass is 10.3. The lowest BCUT2D eigenvalue weighted by Crippen LogP contribution is -2.11. The van der Waals surface area contributed by atoms with Crippen LogP contribution in [0.1, 0.15) is 10.4 Å². The second-order valence-electron chi connectivity index (χ2n) is 3.38. The standard InChI is InChI=1S/C11H12N4O2S/c16-5-4-13-9-7-14-11(18-9)15-10(17)8-2-1-3-12-6-8/h1-3,6-7,13,16H,4-5H2,(H,14,15,17). The van der Waals surface area contributed by atoms with E-state index in [1.165, 1.54) is 17.5 Å². The van der Waals surface area contributed by atoms with Gasteiger partial charge in [-0.3, -0.25) is 15.1 Å². The Balaban J connectivity index is 1.97. The van der Waals surface area contributed by atoms with Gasteiger partial charge in [-0.05, 0) is 12.1 Å². The van der Waals surface area contributed by atoms with Crippen LogP contribution in [0.25, 0.3) is 0 Å². The molecule has 7 heteroatoms. The first kappa shape index (κ1) is 12.5. The zero-order chi connectivity index (χ0) is 12.8. The van der Waals surface area contributed by atoms with E-state index >= 15 is 0 Å². The van der Waals surface area contributed by atoms with Crippen molar-refractivity contribution in [3.8, 4) is 0 Å². The zero-order valence-corrected chi connectivity index (χ0v) is 10.3. The highest BCUT2D eigenvalue weighted by atomic mass is 32.1. The van der Waals surface area contributed by atoms with Gasteiger partial charge in [0.2, 0.25) is 0 Å². The molecule has 2 rings (SSSR count). The highest BCUT2D eigenvalue weighted by Gasteiger charge is 2.08. The molecule has 0 spiro atoms. The minimum atomic E-state index is -0.244. The SMILES string of the molecule is O=C(Nc1ncc(NCCO)s1)c1cccnc1. The summed E-state index contributed by atoms with van der Waals surface area (Å²) in [5.41, 5.74) is 0.484. The Labute approximate surface area is 108 Å². The number of thiazole rings is 1. The number of pyridine rings is 1. The molecule has 0 fully saturated rings. The van der Waals surface area contributed by atoms with Crippen molar-refractivity contribution in [3.63, 3.8) is 0 Å². The summed E-state index contributed by atoms with van der Waals surface area (Å²) < 4.78 is 0. The fourth-order valence-electron chi connectivity index (χ4n) is 1.26. The summed E-state index contributed by atoms with van der Waals surface area (Å²) in [5.74, 6) is -0.244. The van der Waals surface area contributed by atoms with Gasteiger partial charge in [-0.25, -0.2) is 4.98 Å². The van der Waals surface area contributed by atoms with Crippen LogP contribution in [0.15, 0.2) is 30.7 Å². The Kier molecular flexibility index (Phi) is 4.21. The average molecular weight is 264 g/mol. The van der Waals surface area contributed by atoms with Gasteiger partial charge in [-0.2, -0.15) is 0 Å². The summed E-state index contributed by atoms with van der Waals surface area (Å²) in [6.45, 7) is 0.507. The Morgan fingerprint density at radius 1 is 1.44 bits per heavy atom. The summed E-state index contributed by atoms with van der Waals surface area (Å²) in [7, 11) is 0. The van der Waals surface area contributed by atoms with Crippen LogP contribution >= 0.6 is 11.3 Å². The van der Waals surface area contributed by atoms with Crippen molar-refractivity contribution in [2.45, 2.75) is 0 Å². The summed E-state index contributed by atoms with van der Waals surface area (Å²) in [5, 5.41) is 15.6. The van der Waals surface area contributed by atoms with Gasteiger partial charge in [0.15, 0.2) is 5.13 Å². The average Bonchev–Trinajstić information content (AvgIpc) is 2.85. The van der Waals surface area contributed by atoms with Gasteiger partial charge in [0.1, 0.15) is 5.00 Å². The van der Waals surface area contributed by atoms with E-state index in [4.69, 9.17) is 5.11 Å². The molecule has 2 aromatic heterocycles. The number of anilines is 2. The number of nitrogens with one attached hydrogen (secondary N) is 2. The van der Waals surface area contributed by atoms with Gasteiger partial charge in [0.25, 0.3) is 5.91 Å². The number of hydrogen-bond acceptors (Lipinski definition) is 6. The smallest absolute Gasteiger partial charge is 0.259 e. The first-order chi connectivity index (χ1) is 8.79. The van der Waals surface area contributed by atoms with Crippen LogP contribution in [-0.4, -0.2) is 34.1 Å². The molecule has 18 heavy (non-hydrogen) atoms. The Bertz CT molecular complexity index is 515. The molecule has 0 aliphatic rings. The highest BCUT2D eigenvalue weighted by molar-refractivity contribution is 7.19. The number of aliphatic hydroxyl groups is 1. The van der Waals surface area contributed by atoms with Crippen molar-refractivity contribution in [2.24, 2.45) is 0 Å². The molecule has 3 N–H and O–H groups in total. The molecule has 0 saturated carbocycles. The first-order valence-electron chi connectivity index (χ1n) is 5.31. The van der Waals surface area contributed by atoms with E-state index in [0.29, 0.717) is 17.2 Å². The van der Waals surface area contributed by atoms with E-state index in [1.807, 2.05) is 0 Å². The molecule has 2 aromatic rings. The first-order valence-corrected chi connectivity index (χ1v) is 6.13. The summed E-state index contributed by atoms with van der Waals surface area (Å²) in [6, 6.07) is 3.38. The molecule has 0 bridgehead atoms. The molecular formula is C11H12N4O2S. The monoisotopic (exact) mass is 264 g/mol. The molecule has 0 atom stereocenters. The normalized spacial score (nSPS) is 10.1. The second-order valence-corrected chi connectivity index (χ2v) is 4.41. The van der Waals surface area contributed by atoms with Crippen molar-refractivity contribution in [2.75, 3.05) is 23.8 Å². The molecular weight excluding hydrogens is 252 g/mol. The molecule has 2 heterocycles. The van der Waals surface area contributed by atoms with Gasteiger partial charge in [0.05, 0.1) is 18.4 Å². The molecule has 94 valence electrons. The van der Waals surface area contributed by atoms with Crippen LogP contribution in [0.2, 0.25) is 0 Å². The summed E-state index contributed by atoms with van der Waals surface area (Å²) >= 11 is 1.31. The van der Waals surface area contributed by atoms with E-state index in [2.05, 4.69) is 20.6 Å². The van der Waals surface area contributed by atoms with Crippen molar-refractivity contribution in [3.05, 3.63) is 36.3 Å². The highest BCUT2D eigenvalue weighted by Crippen LogP contribution is 2.23. The number of rotatable bonds is 5. The van der Waals surface area contributed by atoms with E-state index in [-0.39, 0.29) is 12.5 Å². The van der Waals surface area contributed by atoms with Gasteiger partial charge < -0.3 is 10.4 Å². The van der Waals surface area contributed by atoms with Crippen molar-refractivity contribution < 1.29 is 9.90 Å². The number of aromatic nitrogens is 2. The van der Waals surface area contributed by atoms with Gasteiger partial charge in [-0.15, -0.1) is 0 Å². The van der Waals surface area contributed by atoms with Gasteiger partial charge in [0, 0.05) is 18.9 Å².